The van der Waals surface area contributed by atoms with E-state index in [1.165, 1.54) is 0 Å². The number of ether oxygens (including phenoxy) is 1. The van der Waals surface area contributed by atoms with Crippen LogP contribution in [0.4, 0.5) is 0 Å². The summed E-state index contributed by atoms with van der Waals surface area (Å²) in [5.41, 5.74) is 1.12. The van der Waals surface area contributed by atoms with Crippen LogP contribution in [0, 0.1) is 11.8 Å². The average Bonchev–Trinajstić information content (AvgIpc) is 2.86. The minimum absolute atomic E-state index is 0.140. The summed E-state index contributed by atoms with van der Waals surface area (Å²) < 4.78 is 5.13. The molecule has 24 heavy (non-hydrogen) atoms. The average molecular weight is 328 g/mol. The molecule has 0 aromatic heterocycles. The number of carbonyl (C=O) groups is 2. The van der Waals surface area contributed by atoms with Gasteiger partial charge >= 0.3 is 0 Å². The van der Waals surface area contributed by atoms with E-state index in [1.54, 1.807) is 18.9 Å². The summed E-state index contributed by atoms with van der Waals surface area (Å²) in [6, 6.07) is 7.78. The summed E-state index contributed by atoms with van der Waals surface area (Å²) in [4.78, 5) is 27.8. The summed E-state index contributed by atoms with van der Waals surface area (Å²) in [6.45, 7) is 4.16. The van der Waals surface area contributed by atoms with E-state index < -0.39 is 0 Å². The molecule has 1 heterocycles. The molecule has 0 aliphatic carbocycles. The zero-order chi connectivity index (χ0) is 17.4. The molecule has 0 unspecified atom stereocenters. The molecule has 1 aromatic rings. The van der Waals surface area contributed by atoms with Crippen molar-refractivity contribution in [3.8, 4) is 17.6 Å². The predicted octanol–water partition coefficient (Wildman–Crippen LogP) is 1.71. The number of hydrogen-bond acceptors (Lipinski definition) is 3. The van der Waals surface area contributed by atoms with Crippen molar-refractivity contribution in [1.29, 1.82) is 0 Å². The van der Waals surface area contributed by atoms with E-state index in [2.05, 4.69) is 11.8 Å². The van der Waals surface area contributed by atoms with Crippen LogP contribution in [0.3, 0.4) is 0 Å². The lowest BCUT2D eigenvalue weighted by Crippen LogP contribution is -2.37. The summed E-state index contributed by atoms with van der Waals surface area (Å²) in [5.74, 6) is 6.01. The Morgan fingerprint density at radius 1 is 1.08 bits per heavy atom. The Labute approximate surface area is 143 Å². The Morgan fingerprint density at radius 3 is 2.42 bits per heavy atom. The lowest BCUT2D eigenvalue weighted by atomic mass is 10.1. The highest BCUT2D eigenvalue weighted by Gasteiger charge is 2.20. The smallest absolute Gasteiger partial charge is 0.298 e. The Morgan fingerprint density at radius 2 is 1.75 bits per heavy atom. The molecule has 1 saturated heterocycles. The van der Waals surface area contributed by atoms with Gasteiger partial charge in [-0.25, -0.2) is 0 Å². The number of carbonyl (C=O) groups excluding carboxylic acids is 2. The maximum Gasteiger partial charge on any atom is 0.298 e. The van der Waals surface area contributed by atoms with E-state index in [4.69, 9.17) is 4.74 Å². The maximum atomic E-state index is 12.4. The molecule has 1 aromatic carbocycles. The van der Waals surface area contributed by atoms with E-state index >= 15 is 0 Å². The van der Waals surface area contributed by atoms with E-state index in [-0.39, 0.29) is 11.8 Å². The van der Waals surface area contributed by atoms with E-state index in [9.17, 15) is 9.59 Å². The van der Waals surface area contributed by atoms with Gasteiger partial charge in [-0.2, -0.15) is 0 Å². The molecular formula is C19H24N2O3. The number of aryl methyl sites for hydroxylation is 1. The third-order valence-corrected chi connectivity index (χ3v) is 4.15. The van der Waals surface area contributed by atoms with Gasteiger partial charge in [0.1, 0.15) is 5.75 Å². The van der Waals surface area contributed by atoms with Crippen molar-refractivity contribution in [2.75, 3.05) is 33.3 Å². The second kappa shape index (κ2) is 8.97. The van der Waals surface area contributed by atoms with E-state index in [1.807, 2.05) is 29.2 Å². The molecule has 2 amide bonds. The zero-order valence-electron chi connectivity index (χ0n) is 14.4. The molecule has 0 bridgehead atoms. The number of rotatable bonds is 4. The van der Waals surface area contributed by atoms with Gasteiger partial charge in [0.2, 0.25) is 5.91 Å². The minimum Gasteiger partial charge on any atom is -0.497 e. The first kappa shape index (κ1) is 17.9. The lowest BCUT2D eigenvalue weighted by Gasteiger charge is -2.21. The highest BCUT2D eigenvalue weighted by Crippen LogP contribution is 2.13. The first-order valence-electron chi connectivity index (χ1n) is 8.26. The molecule has 0 atom stereocenters. The number of amides is 2. The summed E-state index contributed by atoms with van der Waals surface area (Å²) in [7, 11) is 1.64. The van der Waals surface area contributed by atoms with Crippen molar-refractivity contribution in [3.05, 3.63) is 29.8 Å². The second-order valence-corrected chi connectivity index (χ2v) is 5.75. The van der Waals surface area contributed by atoms with Gasteiger partial charge in [0.05, 0.1) is 7.11 Å². The van der Waals surface area contributed by atoms with Crippen LogP contribution in [0.5, 0.6) is 5.75 Å². The predicted molar refractivity (Wildman–Crippen MR) is 92.5 cm³/mol. The molecule has 0 radical (unpaired) electrons. The normalized spacial score (nSPS) is 14.4. The second-order valence-electron chi connectivity index (χ2n) is 5.75. The molecule has 0 saturated carbocycles. The first-order valence-corrected chi connectivity index (χ1v) is 8.26. The zero-order valence-corrected chi connectivity index (χ0v) is 14.4. The van der Waals surface area contributed by atoms with E-state index in [0.29, 0.717) is 39.0 Å². The quantitative estimate of drug-likeness (QED) is 0.791. The number of nitrogens with zero attached hydrogens (tertiary/aromatic N) is 2. The summed E-state index contributed by atoms with van der Waals surface area (Å²) in [5, 5.41) is 0. The number of methoxy groups -OCH3 is 1. The van der Waals surface area contributed by atoms with Crippen LogP contribution in [0.15, 0.2) is 24.3 Å². The number of hydrogen-bond donors (Lipinski definition) is 0. The van der Waals surface area contributed by atoms with Crippen molar-refractivity contribution in [1.82, 2.24) is 9.80 Å². The number of benzene rings is 1. The van der Waals surface area contributed by atoms with E-state index in [0.717, 1.165) is 17.7 Å². The Balaban J connectivity index is 1.83. The first-order chi connectivity index (χ1) is 11.6. The van der Waals surface area contributed by atoms with Crippen molar-refractivity contribution >= 4 is 11.8 Å². The van der Waals surface area contributed by atoms with Crippen LogP contribution in [0.2, 0.25) is 0 Å². The third-order valence-electron chi connectivity index (χ3n) is 4.15. The highest BCUT2D eigenvalue weighted by atomic mass is 16.5. The van der Waals surface area contributed by atoms with Gasteiger partial charge in [-0.15, -0.1) is 0 Å². The Kier molecular flexibility index (Phi) is 6.68. The summed E-state index contributed by atoms with van der Waals surface area (Å²) in [6.07, 6.45) is 1.99. The van der Waals surface area contributed by atoms with Crippen molar-refractivity contribution in [2.45, 2.75) is 26.2 Å². The van der Waals surface area contributed by atoms with Crippen LogP contribution in [-0.2, 0) is 16.0 Å². The Bertz CT molecular complexity index is 628. The highest BCUT2D eigenvalue weighted by molar-refractivity contribution is 5.93. The van der Waals surface area contributed by atoms with Crippen LogP contribution >= 0.6 is 0 Å². The molecule has 2 rings (SSSR count). The van der Waals surface area contributed by atoms with Crippen LogP contribution < -0.4 is 4.74 Å². The van der Waals surface area contributed by atoms with Gasteiger partial charge in [0, 0.05) is 32.6 Å². The topological polar surface area (TPSA) is 49.9 Å². The van der Waals surface area contributed by atoms with Gasteiger partial charge in [-0.3, -0.25) is 9.59 Å². The van der Waals surface area contributed by atoms with Gasteiger partial charge in [-0.05, 0) is 43.4 Å². The Hall–Kier alpha value is -2.48. The molecule has 1 aliphatic rings. The SMILES string of the molecule is CC#CC(=O)N1CCCN(C(=O)CCc2ccc(OC)cc2)CC1. The van der Waals surface area contributed by atoms with Crippen LogP contribution in [0.1, 0.15) is 25.3 Å². The fraction of sp³-hybridized carbons (Fsp3) is 0.474. The van der Waals surface area contributed by atoms with Gasteiger partial charge in [0.15, 0.2) is 0 Å². The van der Waals surface area contributed by atoms with Gasteiger partial charge < -0.3 is 14.5 Å². The fourth-order valence-corrected chi connectivity index (χ4v) is 2.76. The van der Waals surface area contributed by atoms with Gasteiger partial charge in [0.25, 0.3) is 5.91 Å². The largest absolute Gasteiger partial charge is 0.497 e. The monoisotopic (exact) mass is 328 g/mol. The molecule has 0 spiro atoms. The molecular weight excluding hydrogens is 304 g/mol. The standard InChI is InChI=1S/C19H24N2O3/c1-3-5-18(22)20-12-4-13-21(15-14-20)19(23)11-8-16-6-9-17(24-2)10-7-16/h6-7,9-10H,4,8,11-15H2,1-2H3. The van der Waals surface area contributed by atoms with Gasteiger partial charge in [-0.1, -0.05) is 18.1 Å². The molecule has 1 fully saturated rings. The van der Waals surface area contributed by atoms with Crippen LogP contribution in [-0.4, -0.2) is 54.9 Å². The summed E-state index contributed by atoms with van der Waals surface area (Å²) >= 11 is 0. The molecule has 0 N–H and O–H groups in total. The molecule has 5 nitrogen and oxygen atoms in total. The maximum absolute atomic E-state index is 12.4. The van der Waals surface area contributed by atoms with Crippen molar-refractivity contribution < 1.29 is 14.3 Å². The van der Waals surface area contributed by atoms with Crippen LogP contribution in [0.25, 0.3) is 0 Å². The fourth-order valence-electron chi connectivity index (χ4n) is 2.76. The third kappa shape index (κ3) is 5.02. The minimum atomic E-state index is -0.148. The molecule has 5 heteroatoms. The van der Waals surface area contributed by atoms with Crippen molar-refractivity contribution in [2.24, 2.45) is 0 Å². The lowest BCUT2D eigenvalue weighted by molar-refractivity contribution is -0.131. The molecule has 1 aliphatic heterocycles. The molecule has 128 valence electrons. The van der Waals surface area contributed by atoms with Crippen molar-refractivity contribution in [3.63, 3.8) is 0 Å².